The van der Waals surface area contributed by atoms with Gasteiger partial charge in [-0.15, -0.1) is 0 Å². The van der Waals surface area contributed by atoms with Gasteiger partial charge in [-0.05, 0) is 30.7 Å². The molecule has 30 heavy (non-hydrogen) atoms. The molecule has 2 heterocycles. The summed E-state index contributed by atoms with van der Waals surface area (Å²) >= 11 is 0. The first-order chi connectivity index (χ1) is 14.5. The minimum Gasteiger partial charge on any atom is -0.466 e. The van der Waals surface area contributed by atoms with E-state index in [0.29, 0.717) is 44.0 Å². The van der Waals surface area contributed by atoms with Crippen molar-refractivity contribution in [3.63, 3.8) is 0 Å². The van der Waals surface area contributed by atoms with Crippen LogP contribution in [0.5, 0.6) is 0 Å². The molecule has 162 valence electrons. The van der Waals surface area contributed by atoms with E-state index in [1.807, 2.05) is 4.90 Å². The van der Waals surface area contributed by atoms with Crippen LogP contribution in [0.3, 0.4) is 0 Å². The Morgan fingerprint density at radius 1 is 1.37 bits per heavy atom. The van der Waals surface area contributed by atoms with Crippen LogP contribution in [0.4, 0.5) is 20.6 Å². The van der Waals surface area contributed by atoms with Gasteiger partial charge in [0, 0.05) is 37.6 Å². The van der Waals surface area contributed by atoms with E-state index >= 15 is 0 Å². The van der Waals surface area contributed by atoms with E-state index in [1.165, 1.54) is 11.0 Å². The first kappa shape index (κ1) is 21.7. The maximum atomic E-state index is 14.8. The lowest BCUT2D eigenvalue weighted by atomic mass is 10.2. The van der Waals surface area contributed by atoms with Crippen molar-refractivity contribution in [1.29, 1.82) is 0 Å². The van der Waals surface area contributed by atoms with Gasteiger partial charge in [-0.1, -0.05) is 5.11 Å². The van der Waals surface area contributed by atoms with E-state index in [-0.39, 0.29) is 19.1 Å². The third kappa shape index (κ3) is 5.31. The molecule has 0 saturated carbocycles. The molecule has 0 unspecified atom stereocenters. The number of amides is 1. The number of benzene rings is 1. The molecule has 1 aromatic carbocycles. The fraction of sp³-hybridized carbons (Fsp3) is 0.579. The average molecular weight is 420 g/mol. The Hall–Kier alpha value is -3.04. The van der Waals surface area contributed by atoms with Gasteiger partial charge in [0.2, 0.25) is 0 Å². The van der Waals surface area contributed by atoms with Crippen molar-refractivity contribution in [2.75, 3.05) is 62.2 Å². The average Bonchev–Trinajstić information content (AvgIpc) is 3.12. The number of esters is 1. The zero-order chi connectivity index (χ0) is 21.5. The van der Waals surface area contributed by atoms with E-state index in [2.05, 4.69) is 14.9 Å². The van der Waals surface area contributed by atoms with E-state index in [1.54, 1.807) is 19.1 Å². The third-order valence-corrected chi connectivity index (χ3v) is 5.12. The van der Waals surface area contributed by atoms with Crippen LogP contribution in [0.1, 0.15) is 13.3 Å². The van der Waals surface area contributed by atoms with E-state index in [4.69, 9.17) is 15.0 Å². The highest BCUT2D eigenvalue weighted by Gasteiger charge is 2.32. The number of cyclic esters (lactones) is 1. The van der Waals surface area contributed by atoms with Gasteiger partial charge in [0.15, 0.2) is 0 Å². The van der Waals surface area contributed by atoms with Gasteiger partial charge >= 0.3 is 12.1 Å². The molecule has 0 spiro atoms. The summed E-state index contributed by atoms with van der Waals surface area (Å²) in [6.07, 6.45) is -0.780. The smallest absolute Gasteiger partial charge is 0.414 e. The number of rotatable bonds is 8. The minimum atomic E-state index is -0.587. The summed E-state index contributed by atoms with van der Waals surface area (Å²) in [5, 5.41) is 3.41. The zero-order valence-corrected chi connectivity index (χ0v) is 16.9. The summed E-state index contributed by atoms with van der Waals surface area (Å²) < 4.78 is 24.9. The quantitative estimate of drug-likeness (QED) is 0.277. The lowest BCUT2D eigenvalue weighted by Gasteiger charge is -2.36. The standard InChI is InChI=1S/C19H25FN6O4/c1-2-29-18(27)5-6-24-7-9-25(10-8-24)17-4-3-14(11-16(17)20)26-13-15(12-22-23-21)30-19(26)28/h3-4,11,15H,2,5-10,12-13H2,1H3/t15-/m0/s1. The van der Waals surface area contributed by atoms with Crippen molar-refractivity contribution >= 4 is 23.4 Å². The Kier molecular flexibility index (Phi) is 7.31. The number of piperazine rings is 1. The van der Waals surface area contributed by atoms with Crippen molar-refractivity contribution in [2.24, 2.45) is 5.11 Å². The Morgan fingerprint density at radius 2 is 2.13 bits per heavy atom. The molecule has 0 bridgehead atoms. The van der Waals surface area contributed by atoms with Crippen LogP contribution in [0.15, 0.2) is 23.3 Å². The molecule has 3 rings (SSSR count). The number of azide groups is 1. The van der Waals surface area contributed by atoms with Gasteiger partial charge in [0.1, 0.15) is 11.9 Å². The van der Waals surface area contributed by atoms with Gasteiger partial charge < -0.3 is 14.4 Å². The molecule has 0 aromatic heterocycles. The third-order valence-electron chi connectivity index (χ3n) is 5.12. The number of anilines is 2. The molecule has 11 heteroatoms. The molecule has 2 saturated heterocycles. The summed E-state index contributed by atoms with van der Waals surface area (Å²) in [4.78, 5) is 31.6. The second kappa shape index (κ2) is 10.1. The van der Waals surface area contributed by atoms with Crippen LogP contribution in [0.2, 0.25) is 0 Å². The lowest BCUT2D eigenvalue weighted by molar-refractivity contribution is -0.143. The van der Waals surface area contributed by atoms with Gasteiger partial charge in [0.05, 0.1) is 37.5 Å². The second-order valence-electron chi connectivity index (χ2n) is 7.05. The van der Waals surface area contributed by atoms with Crippen LogP contribution < -0.4 is 9.80 Å². The molecule has 1 atom stereocenters. The van der Waals surface area contributed by atoms with Crippen molar-refractivity contribution in [2.45, 2.75) is 19.4 Å². The van der Waals surface area contributed by atoms with Crippen molar-refractivity contribution in [3.8, 4) is 0 Å². The number of halogens is 1. The predicted molar refractivity (Wildman–Crippen MR) is 108 cm³/mol. The van der Waals surface area contributed by atoms with Crippen LogP contribution >= 0.6 is 0 Å². The van der Waals surface area contributed by atoms with Crippen molar-refractivity contribution in [3.05, 3.63) is 34.5 Å². The summed E-state index contributed by atoms with van der Waals surface area (Å²) in [5.41, 5.74) is 9.26. The lowest BCUT2D eigenvalue weighted by Crippen LogP contribution is -2.47. The molecule has 0 aliphatic carbocycles. The maximum Gasteiger partial charge on any atom is 0.414 e. The Morgan fingerprint density at radius 3 is 2.80 bits per heavy atom. The summed E-state index contributed by atoms with van der Waals surface area (Å²) in [6.45, 7) is 5.76. The summed E-state index contributed by atoms with van der Waals surface area (Å²) in [6, 6.07) is 4.66. The number of carbonyl (C=O) groups excluding carboxylic acids is 2. The molecule has 0 radical (unpaired) electrons. The Bertz CT molecular complexity index is 823. The highest BCUT2D eigenvalue weighted by molar-refractivity contribution is 5.90. The summed E-state index contributed by atoms with van der Waals surface area (Å²) in [5.74, 6) is -0.623. The topological polar surface area (TPSA) is 111 Å². The van der Waals surface area contributed by atoms with E-state index in [0.717, 1.165) is 13.1 Å². The van der Waals surface area contributed by atoms with Crippen LogP contribution in [-0.2, 0) is 14.3 Å². The normalized spacial score (nSPS) is 19.4. The highest BCUT2D eigenvalue weighted by atomic mass is 19.1. The molecule has 0 N–H and O–H groups in total. The van der Waals surface area contributed by atoms with Gasteiger partial charge in [-0.3, -0.25) is 14.6 Å². The largest absolute Gasteiger partial charge is 0.466 e. The molecule has 2 fully saturated rings. The van der Waals surface area contributed by atoms with Gasteiger partial charge in [-0.25, -0.2) is 9.18 Å². The molecule has 2 aliphatic rings. The molecule has 10 nitrogen and oxygen atoms in total. The van der Waals surface area contributed by atoms with Crippen molar-refractivity contribution in [1.82, 2.24) is 4.90 Å². The molecule has 1 amide bonds. The maximum absolute atomic E-state index is 14.8. The first-order valence-electron chi connectivity index (χ1n) is 9.93. The molecule has 1 aromatic rings. The monoisotopic (exact) mass is 420 g/mol. The van der Waals surface area contributed by atoms with Crippen LogP contribution in [0.25, 0.3) is 10.4 Å². The second-order valence-corrected chi connectivity index (χ2v) is 7.05. The number of hydrogen-bond acceptors (Lipinski definition) is 7. The number of ether oxygens (including phenoxy) is 2. The SMILES string of the molecule is CCOC(=O)CCN1CCN(c2ccc(N3C[C@H](CN=[N+]=[N-])OC3=O)cc2F)CC1. The summed E-state index contributed by atoms with van der Waals surface area (Å²) in [7, 11) is 0. The molecular weight excluding hydrogens is 395 g/mol. The van der Waals surface area contributed by atoms with Crippen LogP contribution in [0, 0.1) is 5.82 Å². The Balaban J connectivity index is 1.55. The van der Waals surface area contributed by atoms with Gasteiger partial charge in [0.25, 0.3) is 0 Å². The fourth-order valence-electron chi connectivity index (χ4n) is 3.57. The zero-order valence-electron chi connectivity index (χ0n) is 16.9. The molecular formula is C19H25FN6O4. The predicted octanol–water partition coefficient (Wildman–Crippen LogP) is 2.54. The highest BCUT2D eigenvalue weighted by Crippen LogP contribution is 2.28. The number of hydrogen-bond donors (Lipinski definition) is 0. The van der Waals surface area contributed by atoms with Crippen molar-refractivity contribution < 1.29 is 23.5 Å². The van der Waals surface area contributed by atoms with Crippen LogP contribution in [-0.4, -0.2) is 75.5 Å². The van der Waals surface area contributed by atoms with E-state index < -0.39 is 18.0 Å². The number of nitrogens with zero attached hydrogens (tertiary/aromatic N) is 6. The fourth-order valence-corrected chi connectivity index (χ4v) is 3.57. The van der Waals surface area contributed by atoms with Gasteiger partial charge in [-0.2, -0.15) is 0 Å². The number of carbonyl (C=O) groups is 2. The first-order valence-corrected chi connectivity index (χ1v) is 9.93. The molecule has 2 aliphatic heterocycles. The van der Waals surface area contributed by atoms with E-state index in [9.17, 15) is 14.0 Å². The Labute approximate surface area is 173 Å². The minimum absolute atomic E-state index is 0.0414.